The zero-order valence-corrected chi connectivity index (χ0v) is 14.5. The number of benzene rings is 1. The Morgan fingerprint density at radius 1 is 1.29 bits per heavy atom. The number of sulfonamides is 1. The summed E-state index contributed by atoms with van der Waals surface area (Å²) in [6.45, 7) is 3.26. The molecule has 1 aliphatic rings. The normalized spacial score (nSPS) is 17.0. The Bertz CT molecular complexity index is 642. The van der Waals surface area contributed by atoms with Gasteiger partial charge in [0.15, 0.2) is 0 Å². The number of rotatable bonds is 4. The van der Waals surface area contributed by atoms with Crippen LogP contribution in [-0.4, -0.2) is 49.6 Å². The van der Waals surface area contributed by atoms with Gasteiger partial charge >= 0.3 is 0 Å². The zero-order valence-electron chi connectivity index (χ0n) is 11.5. The third-order valence-electron chi connectivity index (χ3n) is 3.47. The second kappa shape index (κ2) is 6.44. The molecule has 0 unspecified atom stereocenters. The number of anilines is 1. The molecule has 0 spiro atoms. The molecular formula is C12H16IN3O4S. The first-order valence-electron chi connectivity index (χ1n) is 6.52. The maximum atomic E-state index is 11.8. The van der Waals surface area contributed by atoms with Crippen molar-refractivity contribution in [2.75, 3.05) is 36.8 Å². The van der Waals surface area contributed by atoms with E-state index >= 15 is 0 Å². The van der Waals surface area contributed by atoms with Crippen molar-refractivity contribution >= 4 is 44.0 Å². The number of hydrogen-bond acceptors (Lipinski definition) is 5. The molecule has 2 rings (SSSR count). The number of hydrogen-bond donors (Lipinski definition) is 0. The number of nitro groups is 1. The van der Waals surface area contributed by atoms with Crippen LogP contribution in [0.3, 0.4) is 0 Å². The predicted molar refractivity (Wildman–Crippen MR) is 89.1 cm³/mol. The highest BCUT2D eigenvalue weighted by Crippen LogP contribution is 2.30. The summed E-state index contributed by atoms with van der Waals surface area (Å²) in [6.07, 6.45) is 0. The fourth-order valence-corrected chi connectivity index (χ4v) is 3.86. The quantitative estimate of drug-likeness (QED) is 0.417. The zero-order chi connectivity index (χ0) is 15.6. The Morgan fingerprint density at radius 2 is 1.90 bits per heavy atom. The van der Waals surface area contributed by atoms with E-state index in [1.807, 2.05) is 33.6 Å². The smallest absolute Gasteiger partial charge is 0.293 e. The van der Waals surface area contributed by atoms with Crippen molar-refractivity contribution in [2.24, 2.45) is 0 Å². The summed E-state index contributed by atoms with van der Waals surface area (Å²) >= 11 is 2.03. The van der Waals surface area contributed by atoms with Crippen molar-refractivity contribution in [3.63, 3.8) is 0 Å². The fraction of sp³-hybridized carbons (Fsp3) is 0.500. The summed E-state index contributed by atoms with van der Waals surface area (Å²) < 4.78 is 25.9. The van der Waals surface area contributed by atoms with E-state index < -0.39 is 14.9 Å². The number of piperazine rings is 1. The van der Waals surface area contributed by atoms with Gasteiger partial charge in [-0.05, 0) is 41.6 Å². The van der Waals surface area contributed by atoms with Gasteiger partial charge < -0.3 is 4.90 Å². The topological polar surface area (TPSA) is 83.8 Å². The second-order valence-corrected chi connectivity index (χ2v) is 8.18. The van der Waals surface area contributed by atoms with E-state index in [-0.39, 0.29) is 11.4 Å². The molecule has 7 nitrogen and oxygen atoms in total. The van der Waals surface area contributed by atoms with Gasteiger partial charge in [0, 0.05) is 35.8 Å². The molecule has 1 aromatic carbocycles. The Kier molecular flexibility index (Phi) is 5.04. The highest BCUT2D eigenvalue weighted by atomic mass is 127. The molecule has 116 valence electrons. The summed E-state index contributed by atoms with van der Waals surface area (Å²) in [5, 5.41) is 11.2. The van der Waals surface area contributed by atoms with Gasteiger partial charge in [0.2, 0.25) is 10.0 Å². The highest BCUT2D eigenvalue weighted by Gasteiger charge is 2.28. The lowest BCUT2D eigenvalue weighted by molar-refractivity contribution is -0.384. The molecule has 21 heavy (non-hydrogen) atoms. The number of halogens is 1. The van der Waals surface area contributed by atoms with Crippen LogP contribution in [0.2, 0.25) is 0 Å². The van der Waals surface area contributed by atoms with Crippen molar-refractivity contribution in [1.29, 1.82) is 0 Å². The van der Waals surface area contributed by atoms with Gasteiger partial charge in [0.1, 0.15) is 5.69 Å². The van der Waals surface area contributed by atoms with Crippen LogP contribution in [0, 0.1) is 13.7 Å². The van der Waals surface area contributed by atoms with Gasteiger partial charge in [-0.25, -0.2) is 8.42 Å². The summed E-state index contributed by atoms with van der Waals surface area (Å²) in [5.41, 5.74) is 0.614. The van der Waals surface area contributed by atoms with Crippen molar-refractivity contribution in [3.8, 4) is 0 Å². The molecule has 0 atom stereocenters. The van der Waals surface area contributed by atoms with Gasteiger partial charge in [-0.2, -0.15) is 4.31 Å². The number of nitrogens with zero attached hydrogens (tertiary/aromatic N) is 3. The average Bonchev–Trinajstić information content (AvgIpc) is 2.47. The molecule has 1 saturated heterocycles. The molecule has 1 heterocycles. The van der Waals surface area contributed by atoms with Crippen molar-refractivity contribution in [2.45, 2.75) is 6.92 Å². The van der Waals surface area contributed by atoms with E-state index in [2.05, 4.69) is 0 Å². The predicted octanol–water partition coefficient (Wildman–Crippen LogP) is 1.67. The molecule has 0 aromatic heterocycles. The maximum Gasteiger partial charge on any atom is 0.293 e. The molecule has 1 aromatic rings. The SMILES string of the molecule is CCS(=O)(=O)N1CCN(c2ccc(I)cc2[N+](=O)[O-])CC1. The van der Waals surface area contributed by atoms with E-state index in [4.69, 9.17) is 0 Å². The first-order chi connectivity index (χ1) is 9.85. The minimum atomic E-state index is -3.19. The van der Waals surface area contributed by atoms with Crippen LogP contribution >= 0.6 is 22.6 Å². The van der Waals surface area contributed by atoms with Crippen LogP contribution in [0.1, 0.15) is 6.92 Å². The van der Waals surface area contributed by atoms with Gasteiger partial charge in [0.05, 0.1) is 10.7 Å². The molecule has 0 bridgehead atoms. The largest absolute Gasteiger partial charge is 0.363 e. The van der Waals surface area contributed by atoms with E-state index in [1.165, 1.54) is 10.4 Å². The lowest BCUT2D eigenvalue weighted by atomic mass is 10.2. The Morgan fingerprint density at radius 3 is 2.43 bits per heavy atom. The Labute approximate surface area is 137 Å². The molecule has 0 aliphatic carbocycles. The molecule has 0 N–H and O–H groups in total. The third-order valence-corrected chi connectivity index (χ3v) is 6.02. The van der Waals surface area contributed by atoms with Crippen LogP contribution in [-0.2, 0) is 10.0 Å². The highest BCUT2D eigenvalue weighted by molar-refractivity contribution is 14.1. The summed E-state index contributed by atoms with van der Waals surface area (Å²) in [5.74, 6) is 0.0800. The first kappa shape index (κ1) is 16.4. The van der Waals surface area contributed by atoms with Crippen molar-refractivity contribution in [3.05, 3.63) is 31.9 Å². The van der Waals surface area contributed by atoms with E-state index in [0.29, 0.717) is 31.9 Å². The maximum absolute atomic E-state index is 11.8. The Balaban J connectivity index is 2.18. The third kappa shape index (κ3) is 3.64. The molecular weight excluding hydrogens is 409 g/mol. The van der Waals surface area contributed by atoms with Crippen LogP contribution in [0.5, 0.6) is 0 Å². The van der Waals surface area contributed by atoms with E-state index in [0.717, 1.165) is 3.57 Å². The van der Waals surface area contributed by atoms with Crippen molar-refractivity contribution in [1.82, 2.24) is 4.31 Å². The molecule has 0 radical (unpaired) electrons. The van der Waals surface area contributed by atoms with Crippen LogP contribution in [0.15, 0.2) is 18.2 Å². The molecule has 0 amide bonds. The first-order valence-corrected chi connectivity index (χ1v) is 9.20. The van der Waals surface area contributed by atoms with Gasteiger partial charge in [-0.15, -0.1) is 0 Å². The van der Waals surface area contributed by atoms with Crippen LogP contribution in [0.4, 0.5) is 11.4 Å². The van der Waals surface area contributed by atoms with Gasteiger partial charge in [-0.3, -0.25) is 10.1 Å². The van der Waals surface area contributed by atoms with Crippen LogP contribution in [0.25, 0.3) is 0 Å². The average molecular weight is 425 g/mol. The second-order valence-electron chi connectivity index (χ2n) is 4.68. The Hall–Kier alpha value is -0.940. The van der Waals surface area contributed by atoms with E-state index in [9.17, 15) is 18.5 Å². The monoisotopic (exact) mass is 425 g/mol. The minimum absolute atomic E-state index is 0.0636. The van der Waals surface area contributed by atoms with Gasteiger partial charge in [0.25, 0.3) is 5.69 Å². The molecule has 0 saturated carbocycles. The van der Waals surface area contributed by atoms with Crippen molar-refractivity contribution < 1.29 is 13.3 Å². The fourth-order valence-electron chi connectivity index (χ4n) is 2.30. The lowest BCUT2D eigenvalue weighted by Crippen LogP contribution is -2.49. The lowest BCUT2D eigenvalue weighted by Gasteiger charge is -2.34. The molecule has 1 aliphatic heterocycles. The van der Waals surface area contributed by atoms with Crippen LogP contribution < -0.4 is 4.90 Å². The molecule has 9 heteroatoms. The summed E-state index contributed by atoms with van der Waals surface area (Å²) in [7, 11) is -3.19. The number of nitro benzene ring substituents is 1. The van der Waals surface area contributed by atoms with Gasteiger partial charge in [-0.1, -0.05) is 0 Å². The minimum Gasteiger partial charge on any atom is -0.363 e. The summed E-state index contributed by atoms with van der Waals surface area (Å²) in [6, 6.07) is 5.08. The standard InChI is InChI=1S/C12H16IN3O4S/c1-2-21(19,20)15-7-5-14(6-8-15)11-4-3-10(13)9-12(11)16(17)18/h3-4,9H,2,5-8H2,1H3. The van der Waals surface area contributed by atoms with E-state index in [1.54, 1.807) is 13.0 Å². The molecule has 1 fully saturated rings. The summed E-state index contributed by atoms with van der Waals surface area (Å²) in [4.78, 5) is 12.6.